The summed E-state index contributed by atoms with van der Waals surface area (Å²) in [7, 11) is 0. The normalized spacial score (nSPS) is 14.4. The Kier molecular flexibility index (Phi) is 21.9. The number of fused-ring (bicyclic) bond motifs is 18. The summed E-state index contributed by atoms with van der Waals surface area (Å²) >= 11 is 1.82. The Bertz CT molecular complexity index is 9340. The summed E-state index contributed by atoms with van der Waals surface area (Å²) in [5, 5.41) is 6.83. The van der Waals surface area contributed by atoms with Gasteiger partial charge in [-0.2, -0.15) is 0 Å². The molecule has 0 fully saturated rings. The van der Waals surface area contributed by atoms with Gasteiger partial charge in [-0.05, 0) is 206 Å². The zero-order chi connectivity index (χ0) is 100.0. The van der Waals surface area contributed by atoms with Crippen LogP contribution in [0.3, 0.4) is 0 Å². The lowest BCUT2D eigenvalue weighted by atomic mass is 9.54. The molecule has 24 aromatic rings. The average molecular weight is 1920 g/mol. The number of hydrogen-bond acceptors (Lipinski definition) is 12. The van der Waals surface area contributed by atoms with Crippen molar-refractivity contribution in [2.45, 2.75) is 116 Å². The molecule has 0 aliphatic heterocycles. The van der Waals surface area contributed by atoms with Gasteiger partial charge < -0.3 is 8.83 Å². The van der Waals surface area contributed by atoms with Gasteiger partial charge in [-0.1, -0.05) is 423 Å². The second kappa shape index (κ2) is 35.4. The topological polar surface area (TPSA) is 142 Å². The van der Waals surface area contributed by atoms with Crippen molar-refractivity contribution in [1.82, 2.24) is 44.9 Å². The Balaban J connectivity index is 0.000000115. The summed E-state index contributed by atoms with van der Waals surface area (Å²) < 4.78 is 15.1. The van der Waals surface area contributed by atoms with Gasteiger partial charge in [0.2, 0.25) is 0 Å². The summed E-state index contributed by atoms with van der Waals surface area (Å²) in [6.07, 6.45) is 0. The van der Waals surface area contributed by atoms with E-state index in [-0.39, 0.29) is 32.5 Å². The molecule has 0 N–H and O–H groups in total. The van der Waals surface area contributed by atoms with E-state index in [0.717, 1.165) is 93.9 Å². The Morgan fingerprint density at radius 1 is 0.163 bits per heavy atom. The van der Waals surface area contributed by atoms with Crippen LogP contribution in [-0.4, -0.2) is 44.9 Å². The molecular weight excluding hydrogens is 1810 g/mol. The molecule has 6 heterocycles. The SMILES string of the molecule is CC1(C)c2cc(-c3ccccc3)ccc2-c2c(-c3nc(-c4ccccc4)nc(-c4ccc5c(c4)oc4ccccc45)n3)cccc2C1(C)C.CC1(C)c2cc(-c3ccccc3)ccc2-c2c(-c3nc(-c4ccccc4)nc(-c4ccc5sc6ccccc6c5c4)n3)cccc2C1(C)C.CC1(C)c2ccc(-c3nc(-c4ccccc4)nc(-c4ccc5c(c4)oc4ccccc45)n3)cc2-c2cccc(-c3ccccc3)c2C1(C)C. The van der Waals surface area contributed by atoms with Gasteiger partial charge in [0.15, 0.2) is 52.4 Å². The van der Waals surface area contributed by atoms with E-state index in [0.29, 0.717) is 52.4 Å². The minimum Gasteiger partial charge on any atom is -0.456 e. The smallest absolute Gasteiger partial charge is 0.164 e. The van der Waals surface area contributed by atoms with Crippen molar-refractivity contribution in [2.24, 2.45) is 0 Å². The van der Waals surface area contributed by atoms with Gasteiger partial charge in [0.05, 0.1) is 0 Å². The monoisotopic (exact) mass is 1920 g/mol. The third-order valence-corrected chi connectivity index (χ3v) is 33.9. The summed E-state index contributed by atoms with van der Waals surface area (Å²) in [6, 6.07) is 147. The van der Waals surface area contributed by atoms with Crippen LogP contribution in [0.2, 0.25) is 0 Å². The van der Waals surface area contributed by atoms with Gasteiger partial charge in [0, 0.05) is 97.2 Å². The van der Waals surface area contributed by atoms with Crippen molar-refractivity contribution in [3.8, 4) is 169 Å². The number of hydrogen-bond donors (Lipinski definition) is 0. The minimum absolute atomic E-state index is 0.126. The molecule has 6 aromatic heterocycles. The first-order chi connectivity index (χ1) is 71.4. The minimum atomic E-state index is -0.175. The standard InChI is InChI=1S/2C45H35N3O.C45H35N3S/c1-44(2)36-20-13-19-35(40(36)34-25-22-30(26-37(34)45(44,3)4)28-14-7-5-8-15-28)43-47-41(29-16-9-6-10-17-29)46-42(48-43)31-23-24-33-32-18-11-12-21-38(32)49-39(33)27-31;1-44(2)37-25-23-30(26-36(37)35-20-13-19-32(40(35)45(44,3)4)28-14-7-5-8-15-28)42-46-41(29-16-9-6-10-17-29)47-43(48-42)31-22-24-34-33-18-11-12-21-38(33)49-39(34)27-31;1-44(2)36-20-13-19-34(40(36)33-24-22-30(27-37(33)45(44,3)4)28-14-7-5-8-15-28)43-47-41(29-16-9-6-10-17-29)46-42(48-43)31-23-25-39-35(26-31)32-18-11-12-21-38(32)49-39/h3*5-27H,1-4H3. The van der Waals surface area contributed by atoms with Gasteiger partial charge in [0.25, 0.3) is 0 Å². The lowest BCUT2D eigenvalue weighted by molar-refractivity contribution is 0.299. The molecule has 3 aliphatic carbocycles. The third kappa shape index (κ3) is 15.4. The highest BCUT2D eigenvalue weighted by Crippen LogP contribution is 2.61. The molecule has 0 spiro atoms. The number of benzene rings is 18. The molecule has 3 aliphatic rings. The maximum Gasteiger partial charge on any atom is 0.164 e. The predicted molar refractivity (Wildman–Crippen MR) is 607 cm³/mol. The van der Waals surface area contributed by atoms with E-state index >= 15 is 0 Å². The van der Waals surface area contributed by atoms with Gasteiger partial charge >= 0.3 is 0 Å². The van der Waals surface area contributed by atoms with E-state index in [1.165, 1.54) is 120 Å². The molecule has 11 nitrogen and oxygen atoms in total. The van der Waals surface area contributed by atoms with Crippen LogP contribution in [0.4, 0.5) is 0 Å². The average Bonchev–Trinajstić information content (AvgIpc) is 1.11. The van der Waals surface area contributed by atoms with Gasteiger partial charge in [0.1, 0.15) is 22.3 Å². The van der Waals surface area contributed by atoms with E-state index in [9.17, 15) is 0 Å². The number of furan rings is 2. The number of rotatable bonds is 12. The molecule has 708 valence electrons. The van der Waals surface area contributed by atoms with Crippen molar-refractivity contribution in [1.29, 1.82) is 0 Å². The highest BCUT2D eigenvalue weighted by atomic mass is 32.1. The van der Waals surface area contributed by atoms with Crippen LogP contribution in [0.1, 0.15) is 116 Å². The zero-order valence-electron chi connectivity index (χ0n) is 84.1. The first kappa shape index (κ1) is 91.0. The summed E-state index contributed by atoms with van der Waals surface area (Å²) in [6.45, 7) is 28.5. The van der Waals surface area contributed by atoms with Gasteiger partial charge in [-0.15, -0.1) is 11.3 Å². The quantitative estimate of drug-likeness (QED) is 0.115. The van der Waals surface area contributed by atoms with Crippen LogP contribution in [0, 0.1) is 0 Å². The summed E-state index contributed by atoms with van der Waals surface area (Å²) in [4.78, 5) is 46.3. The van der Waals surface area contributed by atoms with Crippen molar-refractivity contribution in [3.63, 3.8) is 0 Å². The van der Waals surface area contributed by atoms with Crippen molar-refractivity contribution in [2.75, 3.05) is 0 Å². The second-order valence-electron chi connectivity index (χ2n) is 42.3. The molecule has 12 heteroatoms. The fourth-order valence-electron chi connectivity index (χ4n) is 22.7. The molecule has 0 saturated carbocycles. The molecule has 0 amide bonds. The van der Waals surface area contributed by atoms with Crippen LogP contribution < -0.4 is 0 Å². The molecule has 0 unspecified atom stereocenters. The largest absolute Gasteiger partial charge is 0.456 e. The Morgan fingerprint density at radius 3 is 0.925 bits per heavy atom. The lowest BCUT2D eigenvalue weighted by Crippen LogP contribution is -2.44. The van der Waals surface area contributed by atoms with Gasteiger partial charge in [-0.25, -0.2) is 44.9 Å². The molecule has 0 radical (unpaired) electrons. The first-order valence-electron chi connectivity index (χ1n) is 50.6. The maximum atomic E-state index is 6.27. The highest BCUT2D eigenvalue weighted by Gasteiger charge is 2.51. The molecule has 0 saturated heterocycles. The van der Waals surface area contributed by atoms with Gasteiger partial charge in [-0.3, -0.25) is 0 Å². The van der Waals surface area contributed by atoms with Crippen molar-refractivity contribution in [3.05, 3.63) is 452 Å². The van der Waals surface area contributed by atoms with E-state index in [4.69, 9.17) is 53.7 Å². The molecular formula is C135H105N9O2S. The van der Waals surface area contributed by atoms with E-state index < -0.39 is 0 Å². The maximum absolute atomic E-state index is 6.27. The van der Waals surface area contributed by atoms with Crippen LogP contribution in [0.25, 0.3) is 233 Å². The van der Waals surface area contributed by atoms with E-state index in [2.05, 4.69) is 392 Å². The van der Waals surface area contributed by atoms with Crippen LogP contribution >= 0.6 is 11.3 Å². The highest BCUT2D eigenvalue weighted by molar-refractivity contribution is 7.25. The van der Waals surface area contributed by atoms with Crippen molar-refractivity contribution < 1.29 is 8.83 Å². The summed E-state index contributed by atoms with van der Waals surface area (Å²) in [5.41, 5.74) is 33.8. The third-order valence-electron chi connectivity index (χ3n) is 32.7. The van der Waals surface area contributed by atoms with Crippen LogP contribution in [0.15, 0.2) is 427 Å². The molecule has 147 heavy (non-hydrogen) atoms. The van der Waals surface area contributed by atoms with E-state index in [1.54, 1.807) is 0 Å². The van der Waals surface area contributed by atoms with E-state index in [1.807, 2.05) is 121 Å². The Morgan fingerprint density at radius 2 is 0.476 bits per heavy atom. The Hall–Kier alpha value is -17.2. The fourth-order valence-corrected chi connectivity index (χ4v) is 23.7. The Labute approximate surface area is 859 Å². The van der Waals surface area contributed by atoms with Crippen LogP contribution in [-0.2, 0) is 32.5 Å². The first-order valence-corrected chi connectivity index (χ1v) is 51.4. The predicted octanol–water partition coefficient (Wildman–Crippen LogP) is 35.5. The molecule has 0 atom stereocenters. The molecule has 27 rings (SSSR count). The second-order valence-corrected chi connectivity index (χ2v) is 43.3. The number of aromatic nitrogens is 9. The van der Waals surface area contributed by atoms with Crippen LogP contribution in [0.5, 0.6) is 0 Å². The molecule has 18 aromatic carbocycles. The molecule has 0 bridgehead atoms. The van der Waals surface area contributed by atoms with Crippen molar-refractivity contribution >= 4 is 75.4 Å². The number of nitrogens with zero attached hydrogens (tertiary/aromatic N) is 9. The zero-order valence-corrected chi connectivity index (χ0v) is 84.9. The number of para-hydroxylation sites is 2. The lowest BCUT2D eigenvalue weighted by Gasteiger charge is -2.49. The number of thiophene rings is 1. The fraction of sp³-hybridized carbons (Fsp3) is 0.133. The summed E-state index contributed by atoms with van der Waals surface area (Å²) in [5.74, 6) is 5.81.